The number of ether oxygens (including phenoxy) is 1. The molecule has 3 aromatic rings. The Morgan fingerprint density at radius 3 is 2.67 bits per heavy atom. The molecule has 0 aliphatic carbocycles. The molecule has 4 nitrogen and oxygen atoms in total. The molecule has 0 saturated heterocycles. The number of benzene rings is 2. The van der Waals surface area contributed by atoms with Crippen molar-refractivity contribution in [2.45, 2.75) is 6.92 Å². The van der Waals surface area contributed by atoms with Gasteiger partial charge in [0.15, 0.2) is 0 Å². The van der Waals surface area contributed by atoms with Gasteiger partial charge in [-0.15, -0.1) is 11.3 Å². The van der Waals surface area contributed by atoms with Crippen LogP contribution >= 0.6 is 34.5 Å². The third-order valence-electron chi connectivity index (χ3n) is 3.62. The minimum absolute atomic E-state index is 0.445. The molecular formula is C20H15Cl2N3OS. The lowest BCUT2D eigenvalue weighted by molar-refractivity contribution is 0.340. The maximum absolute atomic E-state index is 9.48. The van der Waals surface area contributed by atoms with E-state index in [1.165, 1.54) is 11.3 Å². The summed E-state index contributed by atoms with van der Waals surface area (Å²) >= 11 is 13.4. The van der Waals surface area contributed by atoms with Crippen LogP contribution < -0.4 is 10.1 Å². The van der Waals surface area contributed by atoms with Crippen LogP contribution in [0.5, 0.6) is 5.75 Å². The molecule has 1 aromatic heterocycles. The van der Waals surface area contributed by atoms with Gasteiger partial charge in [-0.2, -0.15) is 5.26 Å². The lowest BCUT2D eigenvalue weighted by atomic mass is 10.2. The molecule has 0 amide bonds. The van der Waals surface area contributed by atoms with Crippen LogP contribution in [0.15, 0.2) is 54.0 Å². The topological polar surface area (TPSA) is 57.9 Å². The van der Waals surface area contributed by atoms with E-state index in [0.29, 0.717) is 27.2 Å². The molecule has 0 aliphatic heterocycles. The second-order valence-electron chi connectivity index (χ2n) is 5.44. The van der Waals surface area contributed by atoms with Gasteiger partial charge in [0.05, 0.1) is 22.3 Å². The van der Waals surface area contributed by atoms with Gasteiger partial charge in [-0.3, -0.25) is 0 Å². The normalized spacial score (nSPS) is 11.1. The Hall–Kier alpha value is -2.52. The molecular weight excluding hydrogens is 401 g/mol. The van der Waals surface area contributed by atoms with Crippen LogP contribution in [-0.2, 0) is 0 Å². The summed E-state index contributed by atoms with van der Waals surface area (Å²) in [6.07, 6.45) is 1.65. The first-order valence-corrected chi connectivity index (χ1v) is 9.75. The van der Waals surface area contributed by atoms with Gasteiger partial charge in [-0.25, -0.2) is 4.98 Å². The lowest BCUT2D eigenvalue weighted by Gasteiger charge is -2.05. The average Bonchev–Trinajstić information content (AvgIpc) is 3.16. The smallest absolute Gasteiger partial charge is 0.136 e. The molecule has 1 N–H and O–H groups in total. The maximum Gasteiger partial charge on any atom is 0.136 e. The van der Waals surface area contributed by atoms with Crippen molar-refractivity contribution in [3.05, 3.63) is 69.1 Å². The van der Waals surface area contributed by atoms with Crippen LogP contribution in [0.2, 0.25) is 10.0 Å². The summed E-state index contributed by atoms with van der Waals surface area (Å²) in [5, 5.41) is 16.1. The van der Waals surface area contributed by atoms with E-state index < -0.39 is 0 Å². The van der Waals surface area contributed by atoms with E-state index in [0.717, 1.165) is 22.7 Å². The number of nitrogens with one attached hydrogen (secondary N) is 1. The summed E-state index contributed by atoms with van der Waals surface area (Å²) in [4.78, 5) is 4.54. The highest BCUT2D eigenvalue weighted by atomic mass is 35.5. The fraction of sp³-hybridized carbons (Fsp3) is 0.100. The van der Waals surface area contributed by atoms with E-state index in [1.807, 2.05) is 42.6 Å². The Balaban J connectivity index is 1.77. The third kappa shape index (κ3) is 4.81. The van der Waals surface area contributed by atoms with Crippen LogP contribution in [0.4, 0.5) is 5.69 Å². The first-order chi connectivity index (χ1) is 13.1. The summed E-state index contributed by atoms with van der Waals surface area (Å²) in [6, 6.07) is 15.0. The largest absolute Gasteiger partial charge is 0.494 e. The van der Waals surface area contributed by atoms with E-state index in [9.17, 15) is 5.26 Å². The zero-order chi connectivity index (χ0) is 19.2. The van der Waals surface area contributed by atoms with Crippen molar-refractivity contribution in [2.24, 2.45) is 0 Å². The summed E-state index contributed by atoms with van der Waals surface area (Å²) in [6.45, 7) is 2.56. The summed E-state index contributed by atoms with van der Waals surface area (Å²) in [5.74, 6) is 0.804. The summed E-state index contributed by atoms with van der Waals surface area (Å²) in [5.41, 5.74) is 2.90. The van der Waals surface area contributed by atoms with E-state index in [-0.39, 0.29) is 0 Å². The highest BCUT2D eigenvalue weighted by Gasteiger charge is 2.10. The average molecular weight is 416 g/mol. The Morgan fingerprint density at radius 1 is 1.22 bits per heavy atom. The molecule has 0 unspecified atom stereocenters. The number of hydrogen-bond acceptors (Lipinski definition) is 5. The predicted molar refractivity (Wildman–Crippen MR) is 112 cm³/mol. The fourth-order valence-corrected chi connectivity index (χ4v) is 3.39. The molecule has 1 heterocycles. The molecule has 7 heteroatoms. The van der Waals surface area contributed by atoms with Gasteiger partial charge >= 0.3 is 0 Å². The quantitative estimate of drug-likeness (QED) is 0.467. The predicted octanol–water partition coefficient (Wildman–Crippen LogP) is 6.49. The molecule has 0 aliphatic rings. The second-order valence-corrected chi connectivity index (χ2v) is 7.11. The second kappa shape index (κ2) is 8.92. The molecule has 0 bridgehead atoms. The number of thiazole rings is 1. The van der Waals surface area contributed by atoms with Gasteiger partial charge in [-0.05, 0) is 43.3 Å². The summed E-state index contributed by atoms with van der Waals surface area (Å²) in [7, 11) is 0. The Bertz CT molecular complexity index is 1010. The first kappa shape index (κ1) is 19.2. The van der Waals surface area contributed by atoms with Crippen LogP contribution in [-0.4, -0.2) is 11.6 Å². The number of nitrogens with zero attached hydrogens (tertiary/aromatic N) is 2. The molecule has 0 saturated carbocycles. The van der Waals surface area contributed by atoms with Gasteiger partial charge in [0.25, 0.3) is 0 Å². The maximum atomic E-state index is 9.48. The zero-order valence-corrected chi connectivity index (χ0v) is 16.7. The van der Waals surface area contributed by atoms with Gasteiger partial charge in [0.1, 0.15) is 22.4 Å². The molecule has 0 spiro atoms. The molecule has 27 heavy (non-hydrogen) atoms. The number of nitriles is 1. The molecule has 136 valence electrons. The molecule has 0 atom stereocenters. The highest BCUT2D eigenvalue weighted by Crippen LogP contribution is 2.30. The molecule has 0 fully saturated rings. The molecule has 0 radical (unpaired) electrons. The Morgan fingerprint density at radius 2 is 2.00 bits per heavy atom. The number of hydrogen-bond donors (Lipinski definition) is 1. The van der Waals surface area contributed by atoms with E-state index in [4.69, 9.17) is 27.9 Å². The van der Waals surface area contributed by atoms with E-state index >= 15 is 0 Å². The van der Waals surface area contributed by atoms with Crippen molar-refractivity contribution in [3.8, 4) is 23.1 Å². The van der Waals surface area contributed by atoms with Crippen LogP contribution in [0.3, 0.4) is 0 Å². The third-order valence-corrected chi connectivity index (χ3v) is 5.23. The van der Waals surface area contributed by atoms with Gasteiger partial charge < -0.3 is 10.1 Å². The number of aromatic nitrogens is 1. The first-order valence-electron chi connectivity index (χ1n) is 8.11. The van der Waals surface area contributed by atoms with Gasteiger partial charge in [-0.1, -0.05) is 29.3 Å². The van der Waals surface area contributed by atoms with Crippen LogP contribution in [0.1, 0.15) is 11.9 Å². The van der Waals surface area contributed by atoms with Crippen molar-refractivity contribution in [3.63, 3.8) is 0 Å². The Kier molecular flexibility index (Phi) is 6.36. The SMILES string of the molecule is CCOc1ccc(NC=C(C#N)c2nc(-c3ccc(Cl)c(Cl)c3)cs2)cc1. The highest BCUT2D eigenvalue weighted by molar-refractivity contribution is 7.11. The Labute approximate surface area is 171 Å². The van der Waals surface area contributed by atoms with Crippen LogP contribution in [0.25, 0.3) is 16.8 Å². The van der Waals surface area contributed by atoms with Gasteiger partial charge in [0.2, 0.25) is 0 Å². The fourth-order valence-electron chi connectivity index (χ4n) is 2.30. The minimum atomic E-state index is 0.445. The number of halogens is 2. The van der Waals surface area contributed by atoms with Crippen molar-refractivity contribution >= 4 is 45.8 Å². The number of anilines is 1. The molecule has 2 aromatic carbocycles. The lowest BCUT2D eigenvalue weighted by Crippen LogP contribution is -1.93. The number of allylic oxidation sites excluding steroid dienone is 1. The van der Waals surface area contributed by atoms with E-state index in [2.05, 4.69) is 16.4 Å². The van der Waals surface area contributed by atoms with Gasteiger partial charge in [0, 0.05) is 22.8 Å². The van der Waals surface area contributed by atoms with E-state index in [1.54, 1.807) is 18.3 Å². The van der Waals surface area contributed by atoms with Crippen molar-refractivity contribution < 1.29 is 4.74 Å². The standard InChI is InChI=1S/C20H15Cl2N3OS/c1-2-26-16-6-4-15(5-7-16)24-11-14(10-23)20-25-19(12-27-20)13-3-8-17(21)18(22)9-13/h3-9,11-12,24H,2H2,1H3. The van der Waals surface area contributed by atoms with Crippen molar-refractivity contribution in [2.75, 3.05) is 11.9 Å². The van der Waals surface area contributed by atoms with Crippen molar-refractivity contribution in [1.29, 1.82) is 5.26 Å². The zero-order valence-electron chi connectivity index (χ0n) is 14.4. The molecule has 3 rings (SSSR count). The van der Waals surface area contributed by atoms with Crippen LogP contribution in [0, 0.1) is 11.3 Å². The van der Waals surface area contributed by atoms with Crippen molar-refractivity contribution in [1.82, 2.24) is 4.98 Å². The summed E-state index contributed by atoms with van der Waals surface area (Å²) < 4.78 is 5.42. The minimum Gasteiger partial charge on any atom is -0.494 e. The number of rotatable bonds is 6. The monoisotopic (exact) mass is 415 g/mol.